The van der Waals surface area contributed by atoms with E-state index in [4.69, 9.17) is 37.2 Å². The van der Waals surface area contributed by atoms with Crippen molar-refractivity contribution in [3.8, 4) is 94.3 Å². The average Bonchev–Trinajstić information content (AvgIpc) is 3.44. The fourth-order valence-electron chi connectivity index (χ4n) is 7.25. The van der Waals surface area contributed by atoms with E-state index in [1.807, 2.05) is 97.1 Å². The molecule has 0 saturated carbocycles. The van der Waals surface area contributed by atoms with E-state index >= 15 is 0 Å². The Kier molecular flexibility index (Phi) is 7.16. The third kappa shape index (κ3) is 4.34. The summed E-state index contributed by atoms with van der Waals surface area (Å²) in [5, 5.41) is 22.7. The molecule has 0 aromatic heterocycles. The molecular formula is C45H28N2O2. The van der Waals surface area contributed by atoms with E-state index in [1.165, 1.54) is 0 Å². The van der Waals surface area contributed by atoms with E-state index in [2.05, 4.69) is 23.7 Å². The van der Waals surface area contributed by atoms with Crippen LogP contribution in [-0.4, -0.2) is 10.2 Å². The van der Waals surface area contributed by atoms with Gasteiger partial charge in [0.25, 0.3) is 0 Å². The van der Waals surface area contributed by atoms with Gasteiger partial charge < -0.3 is 21.7 Å². The lowest BCUT2D eigenvalue weighted by Gasteiger charge is -2.35. The monoisotopic (exact) mass is 628 g/mol. The first-order valence-electron chi connectivity index (χ1n) is 15.4. The van der Waals surface area contributed by atoms with Crippen molar-refractivity contribution in [2.75, 3.05) is 11.5 Å². The zero-order chi connectivity index (χ0) is 34.4. The van der Waals surface area contributed by atoms with Crippen molar-refractivity contribution < 1.29 is 10.2 Å². The number of phenols is 2. The van der Waals surface area contributed by atoms with Gasteiger partial charge in [0.05, 0.1) is 16.8 Å². The summed E-state index contributed by atoms with van der Waals surface area (Å²) in [5.41, 5.74) is 21.2. The molecule has 1 aliphatic rings. The number of anilines is 2. The highest BCUT2D eigenvalue weighted by molar-refractivity contribution is 5.96. The first-order chi connectivity index (χ1) is 23.8. The molecular weight excluding hydrogens is 601 g/mol. The molecule has 0 heterocycles. The quantitative estimate of drug-likeness (QED) is 0.0907. The fourth-order valence-corrected chi connectivity index (χ4v) is 7.25. The van der Waals surface area contributed by atoms with Crippen LogP contribution >= 0.6 is 0 Å². The van der Waals surface area contributed by atoms with Crippen LogP contribution in [0.2, 0.25) is 0 Å². The molecule has 0 atom stereocenters. The standard InChI is InChI=1S/C45H28N2O2/c1-5-27-19-21-37-41(33(27)7-3)42-34(8-4)28(6-2)20-22-38(42)45(37,31-23-35(43(48)39(46)25-31)29-15-11-9-12-16-29)32-24-36(44(49)40(47)26-32)30-17-13-10-14-18-30/h1-4,9-26,48-49H,46-47H2. The second-order valence-electron chi connectivity index (χ2n) is 11.8. The summed E-state index contributed by atoms with van der Waals surface area (Å²) in [7, 11) is 0. The van der Waals surface area contributed by atoms with Crippen molar-refractivity contribution in [2.24, 2.45) is 0 Å². The molecule has 49 heavy (non-hydrogen) atoms. The summed E-state index contributed by atoms with van der Waals surface area (Å²) in [6.45, 7) is 0. The molecule has 0 spiro atoms. The number of nitrogen functional groups attached to an aromatic ring is 2. The molecule has 1 aliphatic carbocycles. The summed E-state index contributed by atoms with van der Waals surface area (Å²) in [6.07, 6.45) is 24.4. The summed E-state index contributed by atoms with van der Waals surface area (Å²) >= 11 is 0. The molecule has 0 unspecified atom stereocenters. The second kappa shape index (κ2) is 11.5. The molecule has 230 valence electrons. The third-order valence-electron chi connectivity index (χ3n) is 9.38. The molecule has 4 nitrogen and oxygen atoms in total. The molecule has 0 radical (unpaired) electrons. The number of hydrogen-bond donors (Lipinski definition) is 4. The molecule has 0 amide bonds. The molecule has 6 N–H and O–H groups in total. The minimum absolute atomic E-state index is 0.0577. The Hall–Kier alpha value is -7.24. The van der Waals surface area contributed by atoms with Crippen LogP contribution in [-0.2, 0) is 5.41 Å². The Bertz CT molecular complexity index is 2340. The van der Waals surface area contributed by atoms with Crippen LogP contribution in [0.15, 0.2) is 109 Å². The van der Waals surface area contributed by atoms with Gasteiger partial charge in [-0.15, -0.1) is 25.7 Å². The number of nitrogens with two attached hydrogens (primary N) is 2. The Balaban J connectivity index is 1.75. The number of phenolic OH excluding ortho intramolecular Hbond substituents is 2. The number of fused-ring (bicyclic) bond motifs is 3. The first kappa shape index (κ1) is 30.4. The van der Waals surface area contributed by atoms with Gasteiger partial charge in [0.15, 0.2) is 0 Å². The van der Waals surface area contributed by atoms with Gasteiger partial charge in [-0.25, -0.2) is 0 Å². The van der Waals surface area contributed by atoms with Crippen molar-refractivity contribution in [1.29, 1.82) is 0 Å². The van der Waals surface area contributed by atoms with Gasteiger partial charge in [-0.3, -0.25) is 0 Å². The SMILES string of the molecule is C#Cc1ccc2c(c1C#C)-c1c(ccc(C#C)c1C#C)C2(c1cc(N)c(O)c(-c2ccccc2)c1)c1cc(N)c(O)c(-c2ccccc2)c1. The highest BCUT2D eigenvalue weighted by atomic mass is 16.3. The van der Waals surface area contributed by atoms with E-state index < -0.39 is 5.41 Å². The average molecular weight is 629 g/mol. The van der Waals surface area contributed by atoms with E-state index in [1.54, 1.807) is 12.1 Å². The lowest BCUT2D eigenvalue weighted by molar-refractivity contribution is 0.479. The highest BCUT2D eigenvalue weighted by Gasteiger charge is 2.49. The van der Waals surface area contributed by atoms with Gasteiger partial charge in [-0.05, 0) is 69.8 Å². The van der Waals surface area contributed by atoms with Crippen molar-refractivity contribution in [3.05, 3.63) is 154 Å². The molecule has 0 saturated heterocycles. The zero-order valence-corrected chi connectivity index (χ0v) is 26.3. The molecule has 6 aromatic rings. The van der Waals surface area contributed by atoms with Crippen molar-refractivity contribution >= 4 is 11.4 Å². The summed E-state index contributed by atoms with van der Waals surface area (Å²) < 4.78 is 0. The minimum Gasteiger partial charge on any atom is -0.505 e. The fraction of sp³-hybridized carbons (Fsp3) is 0.0222. The lowest BCUT2D eigenvalue weighted by Crippen LogP contribution is -2.29. The van der Waals surface area contributed by atoms with E-state index in [0.29, 0.717) is 55.6 Å². The van der Waals surface area contributed by atoms with Crippen molar-refractivity contribution in [3.63, 3.8) is 0 Å². The first-order valence-corrected chi connectivity index (χ1v) is 15.4. The maximum Gasteiger partial charge on any atom is 0.146 e. The summed E-state index contributed by atoms with van der Waals surface area (Å²) in [5.74, 6) is 11.0. The van der Waals surface area contributed by atoms with Crippen molar-refractivity contribution in [1.82, 2.24) is 0 Å². The normalized spacial score (nSPS) is 12.1. The smallest absolute Gasteiger partial charge is 0.146 e. The Morgan fingerprint density at radius 3 is 1.22 bits per heavy atom. The molecule has 0 bridgehead atoms. The van der Waals surface area contributed by atoms with Crippen LogP contribution in [0, 0.1) is 49.4 Å². The molecule has 7 rings (SSSR count). The van der Waals surface area contributed by atoms with E-state index in [9.17, 15) is 10.2 Å². The predicted octanol–water partition coefficient (Wildman–Crippen LogP) is 7.88. The summed E-state index contributed by atoms with van der Waals surface area (Å²) in [4.78, 5) is 0. The van der Waals surface area contributed by atoms with Gasteiger partial charge >= 0.3 is 0 Å². The van der Waals surface area contributed by atoms with Gasteiger partial charge in [0.2, 0.25) is 0 Å². The predicted molar refractivity (Wildman–Crippen MR) is 199 cm³/mol. The number of rotatable bonds is 4. The topological polar surface area (TPSA) is 92.5 Å². The van der Waals surface area contributed by atoms with E-state index in [0.717, 1.165) is 22.3 Å². The molecule has 6 aromatic carbocycles. The molecule has 0 fully saturated rings. The largest absolute Gasteiger partial charge is 0.505 e. The van der Waals surface area contributed by atoms with Gasteiger partial charge in [0.1, 0.15) is 11.5 Å². The Labute approximate surface area is 285 Å². The van der Waals surface area contributed by atoms with Crippen LogP contribution in [0.3, 0.4) is 0 Å². The van der Waals surface area contributed by atoms with Crippen molar-refractivity contribution in [2.45, 2.75) is 5.41 Å². The van der Waals surface area contributed by atoms with Crippen LogP contribution in [0.1, 0.15) is 44.5 Å². The maximum absolute atomic E-state index is 11.4. The number of hydrogen-bond acceptors (Lipinski definition) is 4. The zero-order valence-electron chi connectivity index (χ0n) is 26.3. The van der Waals surface area contributed by atoms with Gasteiger partial charge in [-0.2, -0.15) is 0 Å². The van der Waals surface area contributed by atoms with E-state index in [-0.39, 0.29) is 22.9 Å². The third-order valence-corrected chi connectivity index (χ3v) is 9.38. The van der Waals surface area contributed by atoms with Gasteiger partial charge in [-0.1, -0.05) is 96.5 Å². The number of benzene rings is 6. The highest BCUT2D eigenvalue weighted by Crippen LogP contribution is 2.60. The van der Waals surface area contributed by atoms with Crippen LogP contribution < -0.4 is 11.5 Å². The van der Waals surface area contributed by atoms with Crippen LogP contribution in [0.4, 0.5) is 11.4 Å². The molecule has 4 heteroatoms. The Morgan fingerprint density at radius 2 is 0.878 bits per heavy atom. The minimum atomic E-state index is -1.20. The number of aromatic hydroxyl groups is 2. The lowest BCUT2D eigenvalue weighted by atomic mass is 9.66. The number of terminal acetylenes is 4. The van der Waals surface area contributed by atoms with Crippen LogP contribution in [0.5, 0.6) is 11.5 Å². The van der Waals surface area contributed by atoms with Gasteiger partial charge in [0, 0.05) is 44.5 Å². The summed E-state index contributed by atoms with van der Waals surface area (Å²) in [6, 6.07) is 33.8. The molecule has 0 aliphatic heterocycles. The maximum atomic E-state index is 11.4. The van der Waals surface area contributed by atoms with Crippen LogP contribution in [0.25, 0.3) is 33.4 Å². The Morgan fingerprint density at radius 1 is 0.490 bits per heavy atom. The second-order valence-corrected chi connectivity index (χ2v) is 11.8.